The van der Waals surface area contributed by atoms with Crippen molar-refractivity contribution in [3.63, 3.8) is 0 Å². The van der Waals surface area contributed by atoms with Crippen LogP contribution in [-0.2, 0) is 4.74 Å². The molecule has 2 rings (SSSR count). The number of ether oxygens (including phenoxy) is 1. The van der Waals surface area contributed by atoms with E-state index in [1.165, 1.54) is 13.2 Å². The molecule has 0 aliphatic rings. The Hall–Kier alpha value is -1.91. The fourth-order valence-electron chi connectivity index (χ4n) is 1.30. The molecule has 0 bridgehead atoms. The van der Waals surface area contributed by atoms with Gasteiger partial charge in [-0.15, -0.1) is 0 Å². The van der Waals surface area contributed by atoms with Gasteiger partial charge in [-0.2, -0.15) is 0 Å². The van der Waals surface area contributed by atoms with Gasteiger partial charge in [0.25, 0.3) is 0 Å². The quantitative estimate of drug-likeness (QED) is 0.677. The van der Waals surface area contributed by atoms with Crippen LogP contribution < -0.4 is 10.9 Å². The summed E-state index contributed by atoms with van der Waals surface area (Å²) < 4.78 is 5.48. The molecule has 0 amide bonds. The van der Waals surface area contributed by atoms with Crippen molar-refractivity contribution >= 4 is 30.9 Å². The maximum atomic E-state index is 11.4. The van der Waals surface area contributed by atoms with E-state index in [9.17, 15) is 9.59 Å². The Bertz CT molecular complexity index is 610. The van der Waals surface area contributed by atoms with Gasteiger partial charge in [-0.25, -0.2) is 0 Å². The Morgan fingerprint density at radius 1 is 1.33 bits per heavy atom. The third-order valence-corrected chi connectivity index (χ3v) is 3.95. The predicted molar refractivity (Wildman–Crippen MR) is 68.5 cm³/mol. The summed E-state index contributed by atoms with van der Waals surface area (Å²) in [6, 6.07) is 10.6. The van der Waals surface area contributed by atoms with Crippen LogP contribution >= 0.6 is 0 Å². The van der Waals surface area contributed by atoms with Gasteiger partial charge in [-0.1, -0.05) is 0 Å². The van der Waals surface area contributed by atoms with Crippen molar-refractivity contribution < 1.29 is 9.53 Å². The number of carbonyl (C=O) groups excluding carboxylic acids is 1. The van der Waals surface area contributed by atoms with Crippen molar-refractivity contribution in [1.29, 1.82) is 0 Å². The Morgan fingerprint density at radius 3 is 2.72 bits per heavy atom. The second-order valence-electron chi connectivity index (χ2n) is 3.35. The number of hydrogen-bond acceptors (Lipinski definition) is 5. The first-order valence-electron chi connectivity index (χ1n) is 5.11. The van der Waals surface area contributed by atoms with Crippen molar-refractivity contribution in [3.05, 3.63) is 51.2 Å². The molecule has 0 saturated heterocycles. The summed E-state index contributed by atoms with van der Waals surface area (Å²) >= 11 is -0.350. The first kappa shape index (κ1) is 12.5. The van der Waals surface area contributed by atoms with Crippen LogP contribution in [0, 0.1) is 0 Å². The molecule has 18 heavy (non-hydrogen) atoms. The Morgan fingerprint density at radius 2 is 2.06 bits per heavy atom. The van der Waals surface area contributed by atoms with Crippen LogP contribution in [0.5, 0.6) is 0 Å². The Labute approximate surface area is 109 Å². The van der Waals surface area contributed by atoms with Gasteiger partial charge in [0.05, 0.1) is 0 Å². The average molecular weight is 309 g/mol. The van der Waals surface area contributed by atoms with E-state index in [-0.39, 0.29) is 14.5 Å². The van der Waals surface area contributed by atoms with Crippen LogP contribution in [0.15, 0.2) is 41.2 Å². The molecule has 1 aromatic heterocycles. The molecule has 92 valence electrons. The summed E-state index contributed by atoms with van der Waals surface area (Å²) in [7, 11) is 1.29. The van der Waals surface area contributed by atoms with Crippen molar-refractivity contribution in [2.45, 2.75) is 0 Å². The molecule has 0 atom stereocenters. The van der Waals surface area contributed by atoms with Gasteiger partial charge in [0.1, 0.15) is 0 Å². The van der Waals surface area contributed by atoms with E-state index in [1.54, 1.807) is 0 Å². The maximum absolute atomic E-state index is 11.4. The normalized spacial score (nSPS) is 9.83. The number of benzene rings is 1. The Kier molecular flexibility index (Phi) is 3.92. The standard InChI is InChI=1S/C12H10N2O3Se/c1-17-11(16)9-7-10(15)14-12(18-9)13-8-5-3-2-4-6-8/h2-7H,1H3,(H,13,14,15). The van der Waals surface area contributed by atoms with E-state index in [4.69, 9.17) is 0 Å². The number of methoxy groups -OCH3 is 1. The van der Waals surface area contributed by atoms with E-state index >= 15 is 0 Å². The summed E-state index contributed by atoms with van der Waals surface area (Å²) in [5.41, 5.74) is 0.388. The van der Waals surface area contributed by atoms with E-state index < -0.39 is 11.5 Å². The van der Waals surface area contributed by atoms with Gasteiger partial charge in [0.15, 0.2) is 0 Å². The van der Waals surface area contributed by atoms with Crippen LogP contribution in [0.4, 0.5) is 10.4 Å². The van der Waals surface area contributed by atoms with Crippen molar-refractivity contribution in [2.75, 3.05) is 12.4 Å². The molecular formula is C12H10N2O3Se. The number of hydrogen-bond donors (Lipinski definition) is 1. The first-order chi connectivity index (χ1) is 8.69. The number of anilines is 2. The number of carbonyl (C=O) groups is 1. The number of rotatable bonds is 3. The SMILES string of the molecule is COC(=O)c1cc(=O)nc(Nc2ccccc2)[se]1. The molecule has 0 aliphatic carbocycles. The second kappa shape index (κ2) is 5.62. The van der Waals surface area contributed by atoms with Crippen LogP contribution in [-0.4, -0.2) is 32.6 Å². The summed E-state index contributed by atoms with van der Waals surface area (Å²) in [5, 5.41) is 3.03. The summed E-state index contributed by atoms with van der Waals surface area (Å²) in [6.07, 6.45) is 0. The molecule has 0 spiro atoms. The summed E-state index contributed by atoms with van der Waals surface area (Å²) in [5.74, 6) is -0.481. The molecular weight excluding hydrogens is 299 g/mol. The number of para-hydroxylation sites is 1. The first-order valence-corrected chi connectivity index (χ1v) is 6.83. The molecule has 0 radical (unpaired) electrons. The monoisotopic (exact) mass is 310 g/mol. The van der Waals surface area contributed by atoms with Gasteiger partial charge < -0.3 is 0 Å². The number of nitrogens with one attached hydrogen (secondary N) is 1. The van der Waals surface area contributed by atoms with Crippen LogP contribution in [0.1, 0.15) is 9.23 Å². The fraction of sp³-hybridized carbons (Fsp3) is 0.0833. The summed E-state index contributed by atoms with van der Waals surface area (Å²) in [4.78, 5) is 26.6. The number of aromatic nitrogens is 1. The third kappa shape index (κ3) is 3.06. The van der Waals surface area contributed by atoms with Gasteiger partial charge in [0, 0.05) is 0 Å². The average Bonchev–Trinajstić information content (AvgIpc) is 2.38. The minimum atomic E-state index is -0.481. The molecule has 1 aromatic carbocycles. The van der Waals surface area contributed by atoms with Crippen LogP contribution in [0.3, 0.4) is 0 Å². The van der Waals surface area contributed by atoms with E-state index in [2.05, 4.69) is 15.0 Å². The molecule has 0 aliphatic heterocycles. The fourth-order valence-corrected chi connectivity index (χ4v) is 3.06. The van der Waals surface area contributed by atoms with Gasteiger partial charge in [-0.3, -0.25) is 0 Å². The van der Waals surface area contributed by atoms with Gasteiger partial charge in [0.2, 0.25) is 0 Å². The van der Waals surface area contributed by atoms with Gasteiger partial charge in [-0.05, 0) is 0 Å². The van der Waals surface area contributed by atoms with E-state index in [1.807, 2.05) is 30.3 Å². The molecule has 2 aromatic rings. The molecule has 1 N–H and O–H groups in total. The van der Waals surface area contributed by atoms with E-state index in [0.717, 1.165) is 5.69 Å². The molecule has 0 fully saturated rings. The van der Waals surface area contributed by atoms with Crippen molar-refractivity contribution in [2.24, 2.45) is 0 Å². The topological polar surface area (TPSA) is 68.3 Å². The molecule has 6 heteroatoms. The number of nitrogens with zero attached hydrogens (tertiary/aromatic N) is 1. The van der Waals surface area contributed by atoms with Gasteiger partial charge >= 0.3 is 109 Å². The van der Waals surface area contributed by atoms with Crippen LogP contribution in [0.2, 0.25) is 0 Å². The molecule has 0 unspecified atom stereocenters. The van der Waals surface area contributed by atoms with Crippen molar-refractivity contribution in [3.8, 4) is 0 Å². The van der Waals surface area contributed by atoms with E-state index in [0.29, 0.717) is 9.13 Å². The number of esters is 1. The zero-order chi connectivity index (χ0) is 13.0. The molecule has 0 saturated carbocycles. The molecule has 5 nitrogen and oxygen atoms in total. The Balaban J connectivity index is 2.31. The predicted octanol–water partition coefficient (Wildman–Crippen LogP) is 1.03. The zero-order valence-electron chi connectivity index (χ0n) is 9.54. The third-order valence-electron chi connectivity index (χ3n) is 2.08. The second-order valence-corrected chi connectivity index (χ2v) is 5.51. The molecule has 1 heterocycles. The minimum absolute atomic E-state index is 0.350. The van der Waals surface area contributed by atoms with Crippen LogP contribution in [0.25, 0.3) is 0 Å². The summed E-state index contributed by atoms with van der Waals surface area (Å²) in [6.45, 7) is 0. The van der Waals surface area contributed by atoms with Crippen molar-refractivity contribution in [1.82, 2.24) is 4.98 Å². The zero-order valence-corrected chi connectivity index (χ0v) is 11.3.